The van der Waals surface area contributed by atoms with Gasteiger partial charge < -0.3 is 5.11 Å². The van der Waals surface area contributed by atoms with Gasteiger partial charge in [-0.1, -0.05) is 30.3 Å². The summed E-state index contributed by atoms with van der Waals surface area (Å²) < 4.78 is 0. The molecule has 16 heavy (non-hydrogen) atoms. The summed E-state index contributed by atoms with van der Waals surface area (Å²) in [4.78, 5) is 11.2. The Labute approximate surface area is 98.2 Å². The molecule has 0 aliphatic carbocycles. The molecule has 1 heterocycles. The quantitative estimate of drug-likeness (QED) is 0.879. The van der Waals surface area contributed by atoms with Crippen LogP contribution in [0.2, 0.25) is 0 Å². The van der Waals surface area contributed by atoms with Gasteiger partial charge in [-0.15, -0.1) is 0 Å². The van der Waals surface area contributed by atoms with E-state index in [0.717, 1.165) is 11.1 Å². The Morgan fingerprint density at radius 2 is 2.00 bits per heavy atom. The van der Waals surface area contributed by atoms with Crippen molar-refractivity contribution in [2.24, 2.45) is 0 Å². The van der Waals surface area contributed by atoms with Crippen molar-refractivity contribution in [3.8, 4) is 0 Å². The molecule has 0 saturated heterocycles. The maximum absolute atomic E-state index is 11.2. The van der Waals surface area contributed by atoms with E-state index < -0.39 is 11.9 Å². The molecule has 82 valence electrons. The summed E-state index contributed by atoms with van der Waals surface area (Å²) in [6.45, 7) is 0. The van der Waals surface area contributed by atoms with Crippen molar-refractivity contribution >= 4 is 17.3 Å². The number of hydrogen-bond donors (Lipinski definition) is 1. The SMILES string of the molecule is O=C(O)[C@@H](Cc1ccccc1)c1ccsc1. The molecule has 0 aliphatic heterocycles. The highest BCUT2D eigenvalue weighted by atomic mass is 32.1. The largest absolute Gasteiger partial charge is 0.481 e. The van der Waals surface area contributed by atoms with Gasteiger partial charge in [0.2, 0.25) is 0 Å². The maximum atomic E-state index is 11.2. The van der Waals surface area contributed by atoms with Crippen LogP contribution in [0.3, 0.4) is 0 Å². The molecule has 2 nitrogen and oxygen atoms in total. The lowest BCUT2D eigenvalue weighted by atomic mass is 9.94. The third-order valence-electron chi connectivity index (χ3n) is 2.53. The monoisotopic (exact) mass is 232 g/mol. The number of rotatable bonds is 4. The van der Waals surface area contributed by atoms with Crippen LogP contribution in [0.1, 0.15) is 17.0 Å². The van der Waals surface area contributed by atoms with Gasteiger partial charge in [-0.25, -0.2) is 0 Å². The zero-order valence-corrected chi connectivity index (χ0v) is 9.48. The Hall–Kier alpha value is -1.61. The number of carbonyl (C=O) groups is 1. The van der Waals surface area contributed by atoms with E-state index in [1.54, 1.807) is 0 Å². The highest BCUT2D eigenvalue weighted by Gasteiger charge is 2.20. The average molecular weight is 232 g/mol. The second kappa shape index (κ2) is 4.94. The molecule has 1 aromatic heterocycles. The van der Waals surface area contributed by atoms with Crippen LogP contribution in [0.5, 0.6) is 0 Å². The van der Waals surface area contributed by atoms with E-state index in [1.807, 2.05) is 47.2 Å². The number of carboxylic acids is 1. The van der Waals surface area contributed by atoms with Gasteiger partial charge in [-0.3, -0.25) is 4.79 Å². The predicted molar refractivity (Wildman–Crippen MR) is 64.8 cm³/mol. The third kappa shape index (κ3) is 2.49. The van der Waals surface area contributed by atoms with E-state index in [2.05, 4.69) is 0 Å². The van der Waals surface area contributed by atoms with E-state index in [0.29, 0.717) is 6.42 Å². The first-order chi connectivity index (χ1) is 7.77. The number of carboxylic acid groups (broad SMARTS) is 1. The highest BCUT2D eigenvalue weighted by molar-refractivity contribution is 7.08. The number of benzene rings is 1. The van der Waals surface area contributed by atoms with Gasteiger partial charge in [0.15, 0.2) is 0 Å². The summed E-state index contributed by atoms with van der Waals surface area (Å²) in [5.41, 5.74) is 1.95. The van der Waals surface area contributed by atoms with Crippen LogP contribution in [0, 0.1) is 0 Å². The Bertz CT molecular complexity index is 448. The smallest absolute Gasteiger partial charge is 0.311 e. The van der Waals surface area contributed by atoms with Crippen LogP contribution >= 0.6 is 11.3 Å². The normalized spacial score (nSPS) is 12.2. The molecule has 2 aromatic rings. The van der Waals surface area contributed by atoms with Crippen LogP contribution in [0.15, 0.2) is 47.2 Å². The molecule has 0 saturated carbocycles. The average Bonchev–Trinajstić information content (AvgIpc) is 2.80. The number of thiophene rings is 1. The van der Waals surface area contributed by atoms with Gasteiger partial charge in [0.25, 0.3) is 0 Å². The highest BCUT2D eigenvalue weighted by Crippen LogP contribution is 2.23. The van der Waals surface area contributed by atoms with Crippen LogP contribution in [-0.2, 0) is 11.2 Å². The van der Waals surface area contributed by atoms with Gasteiger partial charge in [0.1, 0.15) is 0 Å². The molecular weight excluding hydrogens is 220 g/mol. The van der Waals surface area contributed by atoms with Crippen LogP contribution in [0.4, 0.5) is 0 Å². The van der Waals surface area contributed by atoms with Crippen LogP contribution in [-0.4, -0.2) is 11.1 Å². The van der Waals surface area contributed by atoms with Crippen molar-refractivity contribution in [2.45, 2.75) is 12.3 Å². The molecule has 0 unspecified atom stereocenters. The molecule has 1 N–H and O–H groups in total. The number of hydrogen-bond acceptors (Lipinski definition) is 2. The molecule has 0 amide bonds. The Balaban J connectivity index is 2.19. The van der Waals surface area contributed by atoms with E-state index in [9.17, 15) is 9.90 Å². The van der Waals surface area contributed by atoms with Gasteiger partial charge in [-0.2, -0.15) is 11.3 Å². The summed E-state index contributed by atoms with van der Waals surface area (Å²) >= 11 is 1.53. The molecular formula is C13H12O2S. The molecule has 3 heteroatoms. The fourth-order valence-corrected chi connectivity index (χ4v) is 2.39. The maximum Gasteiger partial charge on any atom is 0.311 e. The summed E-state index contributed by atoms with van der Waals surface area (Å²) in [6.07, 6.45) is 0.549. The lowest BCUT2D eigenvalue weighted by Crippen LogP contribution is -2.13. The minimum Gasteiger partial charge on any atom is -0.481 e. The van der Waals surface area contributed by atoms with Crippen molar-refractivity contribution in [3.63, 3.8) is 0 Å². The van der Waals surface area contributed by atoms with Crippen molar-refractivity contribution in [3.05, 3.63) is 58.3 Å². The first-order valence-corrected chi connectivity index (χ1v) is 6.00. The van der Waals surface area contributed by atoms with Gasteiger partial charge >= 0.3 is 5.97 Å². The second-order valence-electron chi connectivity index (χ2n) is 3.64. The zero-order valence-electron chi connectivity index (χ0n) is 8.67. The van der Waals surface area contributed by atoms with Crippen molar-refractivity contribution < 1.29 is 9.90 Å². The molecule has 0 bridgehead atoms. The summed E-state index contributed by atoms with van der Waals surface area (Å²) in [5.74, 6) is -1.20. The van der Waals surface area contributed by atoms with E-state index in [1.165, 1.54) is 11.3 Å². The molecule has 2 rings (SSSR count). The lowest BCUT2D eigenvalue weighted by Gasteiger charge is -2.10. The Morgan fingerprint density at radius 1 is 1.25 bits per heavy atom. The fraction of sp³-hybridized carbons (Fsp3) is 0.154. The summed E-state index contributed by atoms with van der Waals surface area (Å²) in [5, 5.41) is 13.0. The Morgan fingerprint density at radius 3 is 2.56 bits per heavy atom. The molecule has 0 spiro atoms. The first kappa shape index (κ1) is 10.9. The summed E-state index contributed by atoms with van der Waals surface area (Å²) in [6, 6.07) is 11.6. The Kier molecular flexibility index (Phi) is 3.37. The minimum absolute atomic E-state index is 0.436. The van der Waals surface area contributed by atoms with E-state index in [-0.39, 0.29) is 0 Å². The van der Waals surface area contributed by atoms with E-state index >= 15 is 0 Å². The topological polar surface area (TPSA) is 37.3 Å². The van der Waals surface area contributed by atoms with Gasteiger partial charge in [0.05, 0.1) is 5.92 Å². The predicted octanol–water partition coefficient (Wildman–Crippen LogP) is 3.16. The van der Waals surface area contributed by atoms with Crippen LogP contribution < -0.4 is 0 Å². The number of aliphatic carboxylic acids is 1. The minimum atomic E-state index is -0.762. The second-order valence-corrected chi connectivity index (χ2v) is 4.42. The van der Waals surface area contributed by atoms with Crippen molar-refractivity contribution in [1.29, 1.82) is 0 Å². The third-order valence-corrected chi connectivity index (χ3v) is 3.23. The molecule has 0 fully saturated rings. The zero-order chi connectivity index (χ0) is 11.4. The summed E-state index contributed by atoms with van der Waals surface area (Å²) in [7, 11) is 0. The lowest BCUT2D eigenvalue weighted by molar-refractivity contribution is -0.138. The standard InChI is InChI=1S/C13H12O2S/c14-13(15)12(11-6-7-16-9-11)8-10-4-2-1-3-5-10/h1-7,9,12H,8H2,(H,14,15)/t12-/m0/s1. The fourth-order valence-electron chi connectivity index (χ4n) is 1.67. The van der Waals surface area contributed by atoms with Crippen molar-refractivity contribution in [1.82, 2.24) is 0 Å². The van der Waals surface area contributed by atoms with Crippen molar-refractivity contribution in [2.75, 3.05) is 0 Å². The molecule has 0 radical (unpaired) electrons. The van der Waals surface area contributed by atoms with Crippen LogP contribution in [0.25, 0.3) is 0 Å². The van der Waals surface area contributed by atoms with E-state index in [4.69, 9.17) is 0 Å². The molecule has 1 aromatic carbocycles. The first-order valence-electron chi connectivity index (χ1n) is 5.06. The van der Waals surface area contributed by atoms with Gasteiger partial charge in [0, 0.05) is 0 Å². The van der Waals surface area contributed by atoms with Gasteiger partial charge in [-0.05, 0) is 34.4 Å². The molecule has 1 atom stereocenters. The molecule has 0 aliphatic rings.